The SMILES string of the molecule is CN(CCc1cccs1)c1cc(CNC(C)(C)C)ccn1. The molecule has 0 saturated carbocycles. The van der Waals surface area contributed by atoms with Crippen molar-refractivity contribution >= 4 is 17.2 Å². The highest BCUT2D eigenvalue weighted by Gasteiger charge is 2.09. The van der Waals surface area contributed by atoms with Crippen molar-refractivity contribution in [3.05, 3.63) is 46.3 Å². The van der Waals surface area contributed by atoms with Crippen LogP contribution in [0.25, 0.3) is 0 Å². The fourth-order valence-electron chi connectivity index (χ4n) is 1.99. The summed E-state index contributed by atoms with van der Waals surface area (Å²) in [5.74, 6) is 1.04. The lowest BCUT2D eigenvalue weighted by Crippen LogP contribution is -2.35. The molecule has 2 aromatic rings. The van der Waals surface area contributed by atoms with Crippen molar-refractivity contribution in [2.24, 2.45) is 0 Å². The number of nitrogens with one attached hydrogen (secondary N) is 1. The quantitative estimate of drug-likeness (QED) is 0.882. The highest BCUT2D eigenvalue weighted by Crippen LogP contribution is 2.15. The number of nitrogens with zero attached hydrogens (tertiary/aromatic N) is 2. The van der Waals surface area contributed by atoms with E-state index in [1.807, 2.05) is 17.5 Å². The molecule has 0 radical (unpaired) electrons. The van der Waals surface area contributed by atoms with Gasteiger partial charge in [0.25, 0.3) is 0 Å². The van der Waals surface area contributed by atoms with Crippen LogP contribution in [0.1, 0.15) is 31.2 Å². The van der Waals surface area contributed by atoms with Crippen LogP contribution >= 0.6 is 11.3 Å². The summed E-state index contributed by atoms with van der Waals surface area (Å²) in [6.07, 6.45) is 2.97. The van der Waals surface area contributed by atoms with Crippen molar-refractivity contribution < 1.29 is 0 Å². The molecule has 0 unspecified atom stereocenters. The molecule has 0 atom stereocenters. The number of likely N-dealkylation sites (N-methyl/N-ethyl adjacent to an activating group) is 1. The van der Waals surface area contributed by atoms with Crippen molar-refractivity contribution in [1.82, 2.24) is 10.3 Å². The van der Waals surface area contributed by atoms with Gasteiger partial charge < -0.3 is 10.2 Å². The number of aromatic nitrogens is 1. The van der Waals surface area contributed by atoms with E-state index >= 15 is 0 Å². The zero-order valence-electron chi connectivity index (χ0n) is 13.4. The number of rotatable bonds is 6. The second kappa shape index (κ2) is 7.05. The highest BCUT2D eigenvalue weighted by atomic mass is 32.1. The molecule has 0 aliphatic rings. The molecule has 1 N–H and O–H groups in total. The molecule has 0 saturated heterocycles. The Morgan fingerprint density at radius 2 is 2.10 bits per heavy atom. The van der Waals surface area contributed by atoms with Gasteiger partial charge >= 0.3 is 0 Å². The standard InChI is InChI=1S/C17H25N3S/c1-17(2,3)19-13-14-7-9-18-16(12-14)20(4)10-8-15-6-5-11-21-15/h5-7,9,11-12,19H,8,10,13H2,1-4H3. The van der Waals surface area contributed by atoms with E-state index in [4.69, 9.17) is 0 Å². The summed E-state index contributed by atoms with van der Waals surface area (Å²) in [6, 6.07) is 8.55. The van der Waals surface area contributed by atoms with Gasteiger partial charge in [0.15, 0.2) is 0 Å². The van der Waals surface area contributed by atoms with Gasteiger partial charge in [-0.3, -0.25) is 0 Å². The third-order valence-corrected chi connectivity index (χ3v) is 4.23. The van der Waals surface area contributed by atoms with Gasteiger partial charge in [0.2, 0.25) is 0 Å². The molecule has 3 nitrogen and oxygen atoms in total. The summed E-state index contributed by atoms with van der Waals surface area (Å²) in [5, 5.41) is 5.65. The molecule has 114 valence electrons. The van der Waals surface area contributed by atoms with Crippen molar-refractivity contribution in [2.45, 2.75) is 39.3 Å². The van der Waals surface area contributed by atoms with Gasteiger partial charge in [-0.25, -0.2) is 4.98 Å². The number of pyridine rings is 1. The number of thiophene rings is 1. The normalized spacial score (nSPS) is 11.6. The average molecular weight is 303 g/mol. The molecule has 0 amide bonds. The van der Waals surface area contributed by atoms with Gasteiger partial charge in [0.1, 0.15) is 5.82 Å². The summed E-state index contributed by atoms with van der Waals surface area (Å²) >= 11 is 1.82. The predicted molar refractivity (Wildman–Crippen MR) is 92.1 cm³/mol. The first-order chi connectivity index (χ1) is 9.94. The van der Waals surface area contributed by atoms with Crippen LogP contribution in [-0.4, -0.2) is 24.1 Å². The van der Waals surface area contributed by atoms with Crippen LogP contribution in [0.5, 0.6) is 0 Å². The van der Waals surface area contributed by atoms with Crippen molar-refractivity contribution in [3.8, 4) is 0 Å². The summed E-state index contributed by atoms with van der Waals surface area (Å²) in [7, 11) is 2.11. The first-order valence-corrected chi connectivity index (χ1v) is 8.25. The molecule has 2 rings (SSSR count). The van der Waals surface area contributed by atoms with E-state index in [9.17, 15) is 0 Å². The molecule has 4 heteroatoms. The Hall–Kier alpha value is -1.39. The fourth-order valence-corrected chi connectivity index (χ4v) is 2.69. The van der Waals surface area contributed by atoms with Crippen LogP contribution in [0.3, 0.4) is 0 Å². The minimum absolute atomic E-state index is 0.133. The van der Waals surface area contributed by atoms with Crippen molar-refractivity contribution in [3.63, 3.8) is 0 Å². The zero-order valence-corrected chi connectivity index (χ0v) is 14.2. The van der Waals surface area contributed by atoms with E-state index in [2.05, 4.69) is 72.7 Å². The minimum atomic E-state index is 0.133. The Kier molecular flexibility index (Phi) is 5.37. The molecule has 2 heterocycles. The predicted octanol–water partition coefficient (Wildman–Crippen LogP) is 3.71. The summed E-state index contributed by atoms with van der Waals surface area (Å²) in [4.78, 5) is 8.13. The van der Waals surface area contributed by atoms with E-state index in [0.29, 0.717) is 0 Å². The summed E-state index contributed by atoms with van der Waals surface area (Å²) in [5.41, 5.74) is 1.41. The zero-order chi connectivity index (χ0) is 15.3. The monoisotopic (exact) mass is 303 g/mol. The first-order valence-electron chi connectivity index (χ1n) is 7.37. The summed E-state index contributed by atoms with van der Waals surface area (Å²) in [6.45, 7) is 8.41. The molecule has 0 fully saturated rings. The molecule has 0 aliphatic heterocycles. The second-order valence-electron chi connectivity index (χ2n) is 6.38. The lowest BCUT2D eigenvalue weighted by molar-refractivity contribution is 0.424. The van der Waals surface area contributed by atoms with Crippen molar-refractivity contribution in [1.29, 1.82) is 0 Å². The number of anilines is 1. The van der Waals surface area contributed by atoms with E-state index in [-0.39, 0.29) is 5.54 Å². The highest BCUT2D eigenvalue weighted by molar-refractivity contribution is 7.09. The molecule has 0 aliphatic carbocycles. The molecule has 0 bridgehead atoms. The fraction of sp³-hybridized carbons (Fsp3) is 0.471. The molecule has 21 heavy (non-hydrogen) atoms. The Bertz CT molecular complexity index is 543. The Labute approximate surface area is 132 Å². The Balaban J connectivity index is 1.92. The first kappa shape index (κ1) is 16.0. The summed E-state index contributed by atoms with van der Waals surface area (Å²) < 4.78 is 0. The van der Waals surface area contributed by atoms with E-state index in [1.54, 1.807) is 0 Å². The van der Waals surface area contributed by atoms with Crippen LogP contribution in [0, 0.1) is 0 Å². The maximum atomic E-state index is 4.49. The smallest absolute Gasteiger partial charge is 0.128 e. The van der Waals surface area contributed by atoms with Gasteiger partial charge in [-0.1, -0.05) is 6.07 Å². The van der Waals surface area contributed by atoms with Crippen LogP contribution < -0.4 is 10.2 Å². The lowest BCUT2D eigenvalue weighted by Gasteiger charge is -2.22. The van der Waals surface area contributed by atoms with Crippen LogP contribution in [-0.2, 0) is 13.0 Å². The van der Waals surface area contributed by atoms with Gasteiger partial charge in [0, 0.05) is 36.8 Å². The maximum absolute atomic E-state index is 4.49. The van der Waals surface area contributed by atoms with Crippen LogP contribution in [0.4, 0.5) is 5.82 Å². The second-order valence-corrected chi connectivity index (χ2v) is 7.41. The third kappa shape index (κ3) is 5.48. The van der Waals surface area contributed by atoms with Gasteiger partial charge in [-0.05, 0) is 56.3 Å². The minimum Gasteiger partial charge on any atom is -0.359 e. The van der Waals surface area contributed by atoms with E-state index in [0.717, 1.165) is 25.3 Å². The van der Waals surface area contributed by atoms with E-state index < -0.39 is 0 Å². The lowest BCUT2D eigenvalue weighted by atomic mass is 10.1. The Morgan fingerprint density at radius 3 is 2.76 bits per heavy atom. The largest absolute Gasteiger partial charge is 0.359 e. The molecule has 0 aromatic carbocycles. The molecule has 2 aromatic heterocycles. The maximum Gasteiger partial charge on any atom is 0.128 e. The van der Waals surface area contributed by atoms with Crippen LogP contribution in [0.2, 0.25) is 0 Å². The number of hydrogen-bond donors (Lipinski definition) is 1. The van der Waals surface area contributed by atoms with Crippen LogP contribution in [0.15, 0.2) is 35.8 Å². The van der Waals surface area contributed by atoms with Gasteiger partial charge in [-0.15, -0.1) is 11.3 Å². The topological polar surface area (TPSA) is 28.2 Å². The van der Waals surface area contributed by atoms with Gasteiger partial charge in [-0.2, -0.15) is 0 Å². The van der Waals surface area contributed by atoms with Crippen molar-refractivity contribution in [2.75, 3.05) is 18.5 Å². The Morgan fingerprint density at radius 1 is 1.29 bits per heavy atom. The van der Waals surface area contributed by atoms with Gasteiger partial charge in [0.05, 0.1) is 0 Å². The molecular formula is C17H25N3S. The average Bonchev–Trinajstić information content (AvgIpc) is 2.95. The third-order valence-electron chi connectivity index (χ3n) is 3.30. The number of hydrogen-bond acceptors (Lipinski definition) is 4. The van der Waals surface area contributed by atoms with E-state index in [1.165, 1.54) is 10.4 Å². The molecule has 0 spiro atoms. The molecular weight excluding hydrogens is 278 g/mol.